The lowest BCUT2D eigenvalue weighted by Crippen LogP contribution is -2.01. The van der Waals surface area contributed by atoms with E-state index >= 15 is 0 Å². The Labute approximate surface area is 82.8 Å². The first-order chi connectivity index (χ1) is 6.88. The van der Waals surface area contributed by atoms with Crippen LogP contribution in [0.2, 0.25) is 0 Å². The fourth-order valence-electron chi connectivity index (χ4n) is 2.06. The molecule has 0 spiro atoms. The van der Waals surface area contributed by atoms with E-state index in [1.165, 1.54) is 12.0 Å². The van der Waals surface area contributed by atoms with E-state index in [9.17, 15) is 0 Å². The predicted octanol–water partition coefficient (Wildman–Crippen LogP) is 1.48. The van der Waals surface area contributed by atoms with Crippen molar-refractivity contribution in [3.63, 3.8) is 0 Å². The zero-order valence-corrected chi connectivity index (χ0v) is 7.90. The maximum Gasteiger partial charge on any atom is 0.231 e. The molecule has 2 N–H and O–H groups in total. The minimum absolute atomic E-state index is 0.351. The summed E-state index contributed by atoms with van der Waals surface area (Å²) in [5, 5.41) is 0. The molecule has 0 radical (unpaired) electrons. The van der Waals surface area contributed by atoms with Gasteiger partial charge < -0.3 is 15.2 Å². The Bertz CT molecular complexity index is 364. The summed E-state index contributed by atoms with van der Waals surface area (Å²) >= 11 is 0. The molecule has 3 nitrogen and oxygen atoms in total. The van der Waals surface area contributed by atoms with Gasteiger partial charge in [-0.15, -0.1) is 0 Å². The molecule has 14 heavy (non-hydrogen) atoms. The molecule has 1 saturated carbocycles. The van der Waals surface area contributed by atoms with E-state index in [4.69, 9.17) is 15.2 Å². The van der Waals surface area contributed by atoms with Crippen molar-refractivity contribution in [1.29, 1.82) is 0 Å². The number of hydrogen-bond acceptors (Lipinski definition) is 3. The van der Waals surface area contributed by atoms with E-state index in [2.05, 4.69) is 12.1 Å². The maximum absolute atomic E-state index is 5.62. The molecule has 0 bridgehead atoms. The van der Waals surface area contributed by atoms with Crippen LogP contribution in [-0.4, -0.2) is 13.3 Å². The maximum atomic E-state index is 5.62. The van der Waals surface area contributed by atoms with Gasteiger partial charge in [-0.2, -0.15) is 0 Å². The average molecular weight is 191 g/mol. The summed E-state index contributed by atoms with van der Waals surface area (Å²) in [7, 11) is 0. The second kappa shape index (κ2) is 2.89. The average Bonchev–Trinajstić information content (AvgIpc) is 2.87. The Balaban J connectivity index is 1.87. The summed E-state index contributed by atoms with van der Waals surface area (Å²) in [6, 6.07) is 6.19. The van der Waals surface area contributed by atoms with Gasteiger partial charge in [0.25, 0.3) is 0 Å². The normalized spacial score (nSPS) is 27.8. The van der Waals surface area contributed by atoms with Crippen molar-refractivity contribution in [3.8, 4) is 11.5 Å². The molecule has 1 aromatic rings. The van der Waals surface area contributed by atoms with Crippen molar-refractivity contribution in [2.45, 2.75) is 12.3 Å². The Hall–Kier alpha value is -1.22. The molecule has 2 aliphatic rings. The quantitative estimate of drug-likeness (QED) is 0.770. The van der Waals surface area contributed by atoms with Crippen LogP contribution in [0.1, 0.15) is 17.9 Å². The summed E-state index contributed by atoms with van der Waals surface area (Å²) in [6.45, 7) is 1.14. The molecular formula is C11H13NO2. The molecule has 1 aliphatic heterocycles. The Morgan fingerprint density at radius 3 is 2.93 bits per heavy atom. The first-order valence-electron chi connectivity index (χ1n) is 4.98. The van der Waals surface area contributed by atoms with Crippen LogP contribution in [0.25, 0.3) is 0 Å². The minimum atomic E-state index is 0.351. The van der Waals surface area contributed by atoms with E-state index in [1.54, 1.807) is 0 Å². The highest BCUT2D eigenvalue weighted by Crippen LogP contribution is 2.48. The second-order valence-corrected chi connectivity index (χ2v) is 3.95. The van der Waals surface area contributed by atoms with Gasteiger partial charge in [-0.25, -0.2) is 0 Å². The van der Waals surface area contributed by atoms with E-state index in [1.807, 2.05) is 6.07 Å². The first-order valence-corrected chi connectivity index (χ1v) is 4.98. The number of rotatable bonds is 2. The third-order valence-electron chi connectivity index (χ3n) is 3.05. The number of nitrogens with two attached hydrogens (primary N) is 1. The van der Waals surface area contributed by atoms with Gasteiger partial charge in [-0.3, -0.25) is 0 Å². The summed E-state index contributed by atoms with van der Waals surface area (Å²) in [4.78, 5) is 0. The van der Waals surface area contributed by atoms with E-state index < -0.39 is 0 Å². The van der Waals surface area contributed by atoms with Gasteiger partial charge in [-0.1, -0.05) is 6.07 Å². The molecule has 1 fully saturated rings. The van der Waals surface area contributed by atoms with Gasteiger partial charge in [0.05, 0.1) is 0 Å². The van der Waals surface area contributed by atoms with E-state index in [-0.39, 0.29) is 0 Å². The van der Waals surface area contributed by atoms with Gasteiger partial charge in [0.15, 0.2) is 11.5 Å². The largest absolute Gasteiger partial charge is 0.454 e. The highest BCUT2D eigenvalue weighted by molar-refractivity contribution is 5.46. The third kappa shape index (κ3) is 1.16. The van der Waals surface area contributed by atoms with Crippen LogP contribution < -0.4 is 15.2 Å². The number of hydrogen-bond donors (Lipinski definition) is 1. The monoisotopic (exact) mass is 191 g/mol. The predicted molar refractivity (Wildman–Crippen MR) is 52.5 cm³/mol. The van der Waals surface area contributed by atoms with Crippen molar-refractivity contribution in [2.75, 3.05) is 13.3 Å². The van der Waals surface area contributed by atoms with E-state index in [0.29, 0.717) is 18.6 Å². The summed E-state index contributed by atoms with van der Waals surface area (Å²) in [6.07, 6.45) is 1.22. The highest BCUT2D eigenvalue weighted by atomic mass is 16.7. The molecule has 0 saturated heterocycles. The van der Waals surface area contributed by atoms with Crippen molar-refractivity contribution in [1.82, 2.24) is 0 Å². The van der Waals surface area contributed by atoms with Crippen molar-refractivity contribution in [3.05, 3.63) is 23.8 Å². The van der Waals surface area contributed by atoms with Gasteiger partial charge in [0.2, 0.25) is 6.79 Å². The smallest absolute Gasteiger partial charge is 0.231 e. The van der Waals surface area contributed by atoms with Crippen LogP contribution in [0.4, 0.5) is 0 Å². The van der Waals surface area contributed by atoms with Crippen LogP contribution in [0.3, 0.4) is 0 Å². The minimum Gasteiger partial charge on any atom is -0.454 e. The zero-order valence-electron chi connectivity index (χ0n) is 7.90. The Morgan fingerprint density at radius 1 is 1.29 bits per heavy atom. The lowest BCUT2D eigenvalue weighted by atomic mass is 10.1. The number of ether oxygens (including phenoxy) is 2. The Morgan fingerprint density at radius 2 is 2.14 bits per heavy atom. The lowest BCUT2D eigenvalue weighted by molar-refractivity contribution is 0.174. The van der Waals surface area contributed by atoms with Crippen LogP contribution in [0.5, 0.6) is 11.5 Å². The van der Waals surface area contributed by atoms with Gasteiger partial charge in [-0.05, 0) is 42.5 Å². The molecule has 2 atom stereocenters. The summed E-state index contributed by atoms with van der Waals surface area (Å²) in [5.74, 6) is 3.06. The summed E-state index contributed by atoms with van der Waals surface area (Å²) < 4.78 is 10.6. The molecule has 1 aromatic carbocycles. The van der Waals surface area contributed by atoms with Crippen LogP contribution in [-0.2, 0) is 0 Å². The molecular weight excluding hydrogens is 178 g/mol. The SMILES string of the molecule is NCC1CC1c1ccc2c(c1)OCO2. The molecule has 1 aliphatic carbocycles. The van der Waals surface area contributed by atoms with Crippen LogP contribution >= 0.6 is 0 Å². The van der Waals surface area contributed by atoms with Crippen molar-refractivity contribution < 1.29 is 9.47 Å². The standard InChI is InChI=1S/C11H13NO2/c12-5-8-3-9(8)7-1-2-10-11(4-7)14-6-13-10/h1-2,4,8-9H,3,5-6,12H2. The molecule has 0 aromatic heterocycles. The topological polar surface area (TPSA) is 44.5 Å². The van der Waals surface area contributed by atoms with Crippen LogP contribution in [0, 0.1) is 5.92 Å². The highest BCUT2D eigenvalue weighted by Gasteiger charge is 2.37. The third-order valence-corrected chi connectivity index (χ3v) is 3.05. The molecule has 0 amide bonds. The lowest BCUT2D eigenvalue weighted by Gasteiger charge is -2.01. The molecule has 3 heteroatoms. The first kappa shape index (κ1) is 8.12. The molecule has 2 unspecified atom stereocenters. The zero-order chi connectivity index (χ0) is 9.54. The Kier molecular flexibility index (Phi) is 1.67. The van der Waals surface area contributed by atoms with Gasteiger partial charge in [0, 0.05) is 0 Å². The number of fused-ring (bicyclic) bond motifs is 1. The summed E-state index contributed by atoms with van der Waals surface area (Å²) in [5.41, 5.74) is 6.96. The van der Waals surface area contributed by atoms with Crippen molar-refractivity contribution in [2.24, 2.45) is 11.7 Å². The van der Waals surface area contributed by atoms with Gasteiger partial charge in [0.1, 0.15) is 0 Å². The van der Waals surface area contributed by atoms with Crippen LogP contribution in [0.15, 0.2) is 18.2 Å². The molecule has 3 rings (SSSR count). The second-order valence-electron chi connectivity index (χ2n) is 3.95. The van der Waals surface area contributed by atoms with E-state index in [0.717, 1.165) is 18.0 Å². The fourth-order valence-corrected chi connectivity index (χ4v) is 2.06. The molecule has 1 heterocycles. The fraction of sp³-hybridized carbons (Fsp3) is 0.455. The van der Waals surface area contributed by atoms with Crippen molar-refractivity contribution >= 4 is 0 Å². The number of benzene rings is 1. The van der Waals surface area contributed by atoms with Gasteiger partial charge >= 0.3 is 0 Å². The molecule has 74 valence electrons.